The van der Waals surface area contributed by atoms with Crippen LogP contribution in [-0.2, 0) is 27.1 Å². The Labute approximate surface area is 180 Å². The lowest BCUT2D eigenvalue weighted by atomic mass is 10.1. The summed E-state index contributed by atoms with van der Waals surface area (Å²) >= 11 is 12.5. The Balaban J connectivity index is 1.93. The number of benzene rings is 1. The number of esters is 1. The van der Waals surface area contributed by atoms with Crippen LogP contribution in [0, 0.1) is 0 Å². The molecule has 1 fully saturated rings. The van der Waals surface area contributed by atoms with Crippen molar-refractivity contribution in [1.29, 1.82) is 0 Å². The van der Waals surface area contributed by atoms with Crippen molar-refractivity contribution >= 4 is 35.0 Å². The Morgan fingerprint density at radius 1 is 1.17 bits per heavy atom. The summed E-state index contributed by atoms with van der Waals surface area (Å²) < 4.78 is 11.0. The highest BCUT2D eigenvalue weighted by Gasteiger charge is 2.32. The van der Waals surface area contributed by atoms with Gasteiger partial charge in [-0.3, -0.25) is 4.79 Å². The van der Waals surface area contributed by atoms with E-state index in [1.165, 1.54) is 0 Å². The lowest BCUT2D eigenvalue weighted by Gasteiger charge is -2.22. The fourth-order valence-electron chi connectivity index (χ4n) is 3.22. The van der Waals surface area contributed by atoms with Gasteiger partial charge in [0.25, 0.3) is 0 Å². The van der Waals surface area contributed by atoms with Gasteiger partial charge in [-0.2, -0.15) is 0 Å². The number of ether oxygens (including phenoxy) is 2. The molecule has 0 bridgehead atoms. The molecule has 29 heavy (non-hydrogen) atoms. The SMILES string of the molecule is CCC(=O)OC1COCC1Nc1nc(CC)c(-c2ccc(Cl)cc2Cl)nc1CC. The molecule has 1 aliphatic rings. The summed E-state index contributed by atoms with van der Waals surface area (Å²) in [4.78, 5) is 21.4. The molecule has 6 nitrogen and oxygen atoms in total. The summed E-state index contributed by atoms with van der Waals surface area (Å²) in [5.41, 5.74) is 3.21. The first kappa shape index (κ1) is 21.8. The number of halogens is 2. The van der Waals surface area contributed by atoms with Gasteiger partial charge in [0.15, 0.2) is 0 Å². The second kappa shape index (κ2) is 9.74. The molecule has 156 valence electrons. The van der Waals surface area contributed by atoms with Gasteiger partial charge in [-0.15, -0.1) is 0 Å². The van der Waals surface area contributed by atoms with Gasteiger partial charge < -0.3 is 14.8 Å². The highest BCUT2D eigenvalue weighted by atomic mass is 35.5. The molecule has 2 aromatic rings. The van der Waals surface area contributed by atoms with Gasteiger partial charge in [0.2, 0.25) is 0 Å². The lowest BCUT2D eigenvalue weighted by Crippen LogP contribution is -2.36. The monoisotopic (exact) mass is 437 g/mol. The van der Waals surface area contributed by atoms with Crippen LogP contribution in [-0.4, -0.2) is 41.3 Å². The molecule has 0 radical (unpaired) electrons. The number of carbonyl (C=O) groups is 1. The standard InChI is InChI=1S/C21H25Cl2N3O3/c1-4-15-20(13-8-7-12(22)9-14(13)23)24-16(5-2)21(25-15)26-17-10-28-11-18(17)29-19(27)6-3/h7-9,17-18H,4-6,10-11H2,1-3H3,(H,25,26). The van der Waals surface area contributed by atoms with Gasteiger partial charge >= 0.3 is 5.97 Å². The zero-order valence-electron chi connectivity index (χ0n) is 16.8. The number of carbonyl (C=O) groups excluding carboxylic acids is 1. The first-order valence-corrected chi connectivity index (χ1v) is 10.6. The number of nitrogens with zero attached hydrogens (tertiary/aromatic N) is 2. The molecular formula is C21H25Cl2N3O3. The minimum absolute atomic E-state index is 0.167. The minimum atomic E-state index is -0.343. The fourth-order valence-corrected chi connectivity index (χ4v) is 3.72. The molecule has 2 atom stereocenters. The zero-order chi connectivity index (χ0) is 21.0. The first-order valence-electron chi connectivity index (χ1n) is 9.85. The minimum Gasteiger partial charge on any atom is -0.458 e. The van der Waals surface area contributed by atoms with E-state index in [9.17, 15) is 4.79 Å². The third-order valence-corrected chi connectivity index (χ3v) is 5.37. The van der Waals surface area contributed by atoms with Crippen molar-refractivity contribution in [3.63, 3.8) is 0 Å². The largest absolute Gasteiger partial charge is 0.458 e. The van der Waals surface area contributed by atoms with Crippen molar-refractivity contribution in [2.24, 2.45) is 0 Å². The number of hydrogen-bond donors (Lipinski definition) is 1. The van der Waals surface area contributed by atoms with Crippen molar-refractivity contribution < 1.29 is 14.3 Å². The Morgan fingerprint density at radius 3 is 2.59 bits per heavy atom. The van der Waals surface area contributed by atoms with E-state index >= 15 is 0 Å². The van der Waals surface area contributed by atoms with Gasteiger partial charge in [0.05, 0.1) is 41.4 Å². The summed E-state index contributed by atoms with van der Waals surface area (Å²) in [5, 5.41) is 4.51. The molecule has 2 unspecified atom stereocenters. The van der Waals surface area contributed by atoms with Crippen LogP contribution < -0.4 is 5.32 Å². The van der Waals surface area contributed by atoms with Crippen LogP contribution in [0.2, 0.25) is 10.0 Å². The van der Waals surface area contributed by atoms with Gasteiger partial charge in [-0.25, -0.2) is 9.97 Å². The quantitative estimate of drug-likeness (QED) is 0.632. The average molecular weight is 438 g/mol. The highest BCUT2D eigenvalue weighted by molar-refractivity contribution is 6.36. The summed E-state index contributed by atoms with van der Waals surface area (Å²) in [7, 11) is 0. The summed E-state index contributed by atoms with van der Waals surface area (Å²) in [6, 6.07) is 5.20. The highest BCUT2D eigenvalue weighted by Crippen LogP contribution is 2.32. The molecule has 0 aliphatic carbocycles. The number of rotatable bonds is 7. The third kappa shape index (κ3) is 5.00. The van der Waals surface area contributed by atoms with Crippen LogP contribution in [0.1, 0.15) is 38.6 Å². The van der Waals surface area contributed by atoms with Crippen LogP contribution in [0.5, 0.6) is 0 Å². The van der Waals surface area contributed by atoms with E-state index in [-0.39, 0.29) is 18.1 Å². The predicted molar refractivity (Wildman–Crippen MR) is 115 cm³/mol. The second-order valence-electron chi connectivity index (χ2n) is 6.82. The van der Waals surface area contributed by atoms with Crippen molar-refractivity contribution in [3.8, 4) is 11.3 Å². The van der Waals surface area contributed by atoms with E-state index in [0.29, 0.717) is 48.3 Å². The maximum absolute atomic E-state index is 11.7. The number of aromatic nitrogens is 2. The molecular weight excluding hydrogens is 413 g/mol. The van der Waals surface area contributed by atoms with E-state index < -0.39 is 0 Å². The molecule has 0 amide bonds. The van der Waals surface area contributed by atoms with Crippen LogP contribution in [0.3, 0.4) is 0 Å². The molecule has 1 saturated heterocycles. The van der Waals surface area contributed by atoms with E-state index in [0.717, 1.165) is 22.6 Å². The smallest absolute Gasteiger partial charge is 0.305 e. The van der Waals surface area contributed by atoms with E-state index in [2.05, 4.69) is 5.32 Å². The molecule has 3 rings (SSSR count). The van der Waals surface area contributed by atoms with E-state index in [1.54, 1.807) is 19.1 Å². The summed E-state index contributed by atoms with van der Waals surface area (Å²) in [6.45, 7) is 6.64. The second-order valence-corrected chi connectivity index (χ2v) is 7.66. The zero-order valence-corrected chi connectivity index (χ0v) is 18.3. The van der Waals surface area contributed by atoms with Gasteiger partial charge in [0.1, 0.15) is 11.9 Å². The molecule has 0 spiro atoms. The number of aryl methyl sites for hydroxylation is 2. The van der Waals surface area contributed by atoms with Crippen molar-refractivity contribution in [3.05, 3.63) is 39.6 Å². The number of hydrogen-bond acceptors (Lipinski definition) is 6. The van der Waals surface area contributed by atoms with Crippen LogP contribution in [0.4, 0.5) is 5.82 Å². The molecule has 8 heteroatoms. The Morgan fingerprint density at radius 2 is 1.93 bits per heavy atom. The van der Waals surface area contributed by atoms with Crippen LogP contribution in [0.15, 0.2) is 18.2 Å². The van der Waals surface area contributed by atoms with Crippen LogP contribution in [0.25, 0.3) is 11.3 Å². The normalized spacial score (nSPS) is 18.7. The molecule has 2 heterocycles. The molecule has 1 aromatic heterocycles. The molecule has 1 aliphatic heterocycles. The predicted octanol–water partition coefficient (Wildman–Crippen LogP) is 4.71. The lowest BCUT2D eigenvalue weighted by molar-refractivity contribution is -0.148. The Bertz CT molecular complexity index is 892. The average Bonchev–Trinajstić information content (AvgIpc) is 3.14. The first-order chi connectivity index (χ1) is 14.0. The third-order valence-electron chi connectivity index (χ3n) is 4.82. The summed E-state index contributed by atoms with van der Waals surface area (Å²) in [6.07, 6.45) is 1.36. The Hall–Kier alpha value is -1.89. The van der Waals surface area contributed by atoms with Gasteiger partial charge in [-0.05, 0) is 31.0 Å². The number of nitrogens with one attached hydrogen (secondary N) is 1. The molecule has 1 aromatic carbocycles. The van der Waals surface area contributed by atoms with Crippen LogP contribution >= 0.6 is 23.2 Å². The van der Waals surface area contributed by atoms with Crippen molar-refractivity contribution in [2.75, 3.05) is 18.5 Å². The molecule has 0 saturated carbocycles. The van der Waals surface area contributed by atoms with Crippen molar-refractivity contribution in [1.82, 2.24) is 9.97 Å². The summed E-state index contributed by atoms with van der Waals surface area (Å²) in [5.74, 6) is 0.447. The van der Waals surface area contributed by atoms with Gasteiger partial charge in [-0.1, -0.05) is 44.0 Å². The van der Waals surface area contributed by atoms with E-state index in [1.807, 2.05) is 19.9 Å². The Kier molecular flexibility index (Phi) is 7.33. The molecule has 1 N–H and O–H groups in total. The fraction of sp³-hybridized carbons (Fsp3) is 0.476. The van der Waals surface area contributed by atoms with Crippen molar-refractivity contribution in [2.45, 2.75) is 52.2 Å². The maximum Gasteiger partial charge on any atom is 0.305 e. The topological polar surface area (TPSA) is 73.3 Å². The maximum atomic E-state index is 11.7. The van der Waals surface area contributed by atoms with E-state index in [4.69, 9.17) is 42.6 Å². The van der Waals surface area contributed by atoms with Gasteiger partial charge in [0, 0.05) is 17.0 Å². The number of anilines is 1.